The van der Waals surface area contributed by atoms with Crippen LogP contribution in [0.25, 0.3) is 0 Å². The van der Waals surface area contributed by atoms with Crippen LogP contribution in [-0.2, 0) is 32.6 Å². The fourth-order valence-corrected chi connectivity index (χ4v) is 8.03. The third-order valence-electron chi connectivity index (χ3n) is 9.00. The van der Waals surface area contributed by atoms with Crippen molar-refractivity contribution in [3.8, 4) is 0 Å². The van der Waals surface area contributed by atoms with Crippen molar-refractivity contribution in [2.75, 3.05) is 10.8 Å². The molecular formula is C38H41Cl2N3O4S. The number of aryl methyl sites for hydroxylation is 2. The van der Waals surface area contributed by atoms with Crippen molar-refractivity contribution in [1.29, 1.82) is 0 Å². The maximum absolute atomic E-state index is 14.8. The zero-order chi connectivity index (χ0) is 34.3. The number of carbonyl (C=O) groups is 2. The van der Waals surface area contributed by atoms with Crippen molar-refractivity contribution >= 4 is 50.7 Å². The Balaban J connectivity index is 1.60. The minimum absolute atomic E-state index is 0.00383. The molecule has 252 valence electrons. The molecule has 0 unspecified atom stereocenters. The summed E-state index contributed by atoms with van der Waals surface area (Å²) in [5.41, 5.74) is 3.53. The van der Waals surface area contributed by atoms with Gasteiger partial charge in [-0.2, -0.15) is 0 Å². The summed E-state index contributed by atoms with van der Waals surface area (Å²) in [5.74, 6) is -0.866. The molecule has 4 aromatic rings. The van der Waals surface area contributed by atoms with E-state index in [0.29, 0.717) is 21.3 Å². The van der Waals surface area contributed by atoms with Gasteiger partial charge in [0.2, 0.25) is 11.8 Å². The van der Waals surface area contributed by atoms with Crippen LogP contribution in [0.2, 0.25) is 10.0 Å². The van der Waals surface area contributed by atoms with Crippen LogP contribution in [0.5, 0.6) is 0 Å². The summed E-state index contributed by atoms with van der Waals surface area (Å²) < 4.78 is 29.6. The van der Waals surface area contributed by atoms with Crippen LogP contribution in [0.1, 0.15) is 54.4 Å². The van der Waals surface area contributed by atoms with Gasteiger partial charge in [0.15, 0.2) is 0 Å². The van der Waals surface area contributed by atoms with Gasteiger partial charge in [0, 0.05) is 34.6 Å². The number of hydrogen-bond donors (Lipinski definition) is 1. The first-order chi connectivity index (χ1) is 23.0. The molecule has 1 aliphatic rings. The number of amides is 2. The second-order valence-electron chi connectivity index (χ2n) is 12.4. The molecule has 0 aliphatic heterocycles. The van der Waals surface area contributed by atoms with E-state index in [2.05, 4.69) is 5.32 Å². The maximum atomic E-state index is 14.8. The van der Waals surface area contributed by atoms with Gasteiger partial charge in [-0.1, -0.05) is 103 Å². The first-order valence-electron chi connectivity index (χ1n) is 16.3. The standard InChI is InChI=1S/C38H41Cl2N3O4S/c1-27-21-22-31(23-28(27)2)43(48(46,47)32-17-10-5-11-18-32)26-37(44)42(25-33-34(39)19-12-20-35(33)40)36(24-29-13-6-3-7-14-29)38(45)41-30-15-8-4-9-16-30/h3,5-7,10-14,17-23,30,36H,4,8-9,15-16,24-26H2,1-2H3,(H,41,45)/t36-/m1/s1. The van der Waals surface area contributed by atoms with Crippen molar-refractivity contribution < 1.29 is 18.0 Å². The number of nitrogens with one attached hydrogen (secondary N) is 1. The van der Waals surface area contributed by atoms with Gasteiger partial charge in [-0.3, -0.25) is 13.9 Å². The molecule has 48 heavy (non-hydrogen) atoms. The molecule has 0 heterocycles. The van der Waals surface area contributed by atoms with E-state index in [1.807, 2.05) is 50.2 Å². The Morgan fingerprint density at radius 3 is 2.06 bits per heavy atom. The van der Waals surface area contributed by atoms with E-state index in [9.17, 15) is 18.0 Å². The molecule has 1 fully saturated rings. The molecule has 0 aromatic heterocycles. The third kappa shape index (κ3) is 8.59. The van der Waals surface area contributed by atoms with Crippen LogP contribution in [0.15, 0.2) is 102 Å². The van der Waals surface area contributed by atoms with Gasteiger partial charge < -0.3 is 10.2 Å². The van der Waals surface area contributed by atoms with E-state index in [-0.39, 0.29) is 29.8 Å². The lowest BCUT2D eigenvalue weighted by molar-refractivity contribution is -0.140. The Morgan fingerprint density at radius 1 is 0.812 bits per heavy atom. The smallest absolute Gasteiger partial charge is 0.264 e. The van der Waals surface area contributed by atoms with Gasteiger partial charge in [-0.05, 0) is 79.8 Å². The highest BCUT2D eigenvalue weighted by Crippen LogP contribution is 2.30. The zero-order valence-electron chi connectivity index (χ0n) is 27.2. The molecule has 1 aliphatic carbocycles. The summed E-state index contributed by atoms with van der Waals surface area (Å²) >= 11 is 13.3. The maximum Gasteiger partial charge on any atom is 0.264 e. The summed E-state index contributed by atoms with van der Waals surface area (Å²) in [6, 6.07) is 26.9. The Hall–Kier alpha value is -3.85. The van der Waals surface area contributed by atoms with Gasteiger partial charge in [0.05, 0.1) is 10.6 Å². The Labute approximate surface area is 293 Å². The third-order valence-corrected chi connectivity index (χ3v) is 11.5. The summed E-state index contributed by atoms with van der Waals surface area (Å²) in [4.78, 5) is 30.5. The Bertz CT molecular complexity index is 1810. The van der Waals surface area contributed by atoms with Crippen LogP contribution in [0.4, 0.5) is 5.69 Å². The van der Waals surface area contributed by atoms with Crippen LogP contribution >= 0.6 is 23.2 Å². The predicted molar refractivity (Wildman–Crippen MR) is 193 cm³/mol. The van der Waals surface area contributed by atoms with Crippen molar-refractivity contribution in [3.63, 3.8) is 0 Å². The highest BCUT2D eigenvalue weighted by atomic mass is 35.5. The minimum Gasteiger partial charge on any atom is -0.352 e. The number of anilines is 1. The van der Waals surface area contributed by atoms with E-state index in [1.165, 1.54) is 17.0 Å². The van der Waals surface area contributed by atoms with E-state index in [1.54, 1.807) is 48.5 Å². The highest BCUT2D eigenvalue weighted by Gasteiger charge is 2.36. The van der Waals surface area contributed by atoms with Gasteiger partial charge >= 0.3 is 0 Å². The molecule has 5 rings (SSSR count). The molecule has 4 aromatic carbocycles. The van der Waals surface area contributed by atoms with Gasteiger partial charge in [0.25, 0.3) is 10.0 Å². The average Bonchev–Trinajstić information content (AvgIpc) is 3.08. The minimum atomic E-state index is -4.20. The number of rotatable bonds is 12. The molecule has 1 atom stereocenters. The van der Waals surface area contributed by atoms with E-state index >= 15 is 0 Å². The lowest BCUT2D eigenvalue weighted by atomic mass is 9.94. The fourth-order valence-electron chi connectivity index (χ4n) is 6.08. The molecule has 10 heteroatoms. The summed E-state index contributed by atoms with van der Waals surface area (Å²) in [6.07, 6.45) is 5.11. The highest BCUT2D eigenvalue weighted by molar-refractivity contribution is 7.92. The van der Waals surface area contributed by atoms with Crippen LogP contribution in [0, 0.1) is 13.8 Å². The number of hydrogen-bond acceptors (Lipinski definition) is 4. The van der Waals surface area contributed by atoms with Gasteiger partial charge in [0.1, 0.15) is 12.6 Å². The quantitative estimate of drug-likeness (QED) is 0.162. The number of halogens is 2. The van der Waals surface area contributed by atoms with Crippen molar-refractivity contribution in [2.24, 2.45) is 0 Å². The van der Waals surface area contributed by atoms with Gasteiger partial charge in [-0.25, -0.2) is 8.42 Å². The first kappa shape index (κ1) is 35.5. The first-order valence-corrected chi connectivity index (χ1v) is 18.5. The normalized spacial score (nSPS) is 14.2. The van der Waals surface area contributed by atoms with Crippen LogP contribution in [0.3, 0.4) is 0 Å². The number of carbonyl (C=O) groups excluding carboxylic acids is 2. The molecule has 7 nitrogen and oxygen atoms in total. The fraction of sp³-hybridized carbons (Fsp3) is 0.316. The SMILES string of the molecule is Cc1ccc(N(CC(=O)N(Cc2c(Cl)cccc2Cl)[C@H](Cc2ccccc2)C(=O)NC2CCCCC2)S(=O)(=O)c2ccccc2)cc1C. The summed E-state index contributed by atoms with van der Waals surface area (Å²) in [5, 5.41) is 3.90. The molecule has 1 saturated carbocycles. The zero-order valence-corrected chi connectivity index (χ0v) is 29.6. The summed E-state index contributed by atoms with van der Waals surface area (Å²) in [6.45, 7) is 3.18. The Morgan fingerprint density at radius 2 is 1.44 bits per heavy atom. The molecule has 0 spiro atoms. The lowest BCUT2D eigenvalue weighted by Crippen LogP contribution is -2.55. The number of benzene rings is 4. The van der Waals surface area contributed by atoms with E-state index in [4.69, 9.17) is 23.2 Å². The predicted octanol–water partition coefficient (Wildman–Crippen LogP) is 7.89. The topological polar surface area (TPSA) is 86.8 Å². The Kier molecular flexibility index (Phi) is 11.8. The molecule has 0 saturated heterocycles. The van der Waals surface area contributed by atoms with E-state index < -0.39 is 28.5 Å². The molecule has 0 bridgehead atoms. The largest absolute Gasteiger partial charge is 0.352 e. The second kappa shape index (κ2) is 16.0. The molecule has 0 radical (unpaired) electrons. The number of nitrogens with zero attached hydrogens (tertiary/aromatic N) is 2. The lowest BCUT2D eigenvalue weighted by Gasteiger charge is -2.35. The van der Waals surface area contributed by atoms with E-state index in [0.717, 1.165) is 53.1 Å². The average molecular weight is 707 g/mol. The molecule has 2 amide bonds. The van der Waals surface area contributed by atoms with Crippen LogP contribution < -0.4 is 9.62 Å². The van der Waals surface area contributed by atoms with Crippen molar-refractivity contribution in [2.45, 2.75) is 75.9 Å². The molecular weight excluding hydrogens is 665 g/mol. The molecule has 1 N–H and O–H groups in total. The summed E-state index contributed by atoms with van der Waals surface area (Å²) in [7, 11) is -4.20. The number of sulfonamides is 1. The second-order valence-corrected chi connectivity index (χ2v) is 15.0. The van der Waals surface area contributed by atoms with Crippen molar-refractivity contribution in [3.05, 3.63) is 129 Å². The van der Waals surface area contributed by atoms with Crippen molar-refractivity contribution in [1.82, 2.24) is 10.2 Å². The van der Waals surface area contributed by atoms with Crippen LogP contribution in [-0.4, -0.2) is 43.8 Å². The monoisotopic (exact) mass is 705 g/mol. The van der Waals surface area contributed by atoms with Gasteiger partial charge in [-0.15, -0.1) is 0 Å².